The summed E-state index contributed by atoms with van der Waals surface area (Å²) in [6, 6.07) is 4.79. The van der Waals surface area contributed by atoms with E-state index in [1.165, 1.54) is 248 Å². The van der Waals surface area contributed by atoms with E-state index in [9.17, 15) is 0 Å². The number of aryl methyl sites for hydroxylation is 3. The third-order valence-electron chi connectivity index (χ3n) is 10.5. The van der Waals surface area contributed by atoms with Crippen molar-refractivity contribution in [2.24, 2.45) is 0 Å². The van der Waals surface area contributed by atoms with E-state index in [4.69, 9.17) is 4.98 Å². The standard InChI is InChI=1S/C45H85N/c1-4-7-9-11-13-15-17-19-21-23-25-27-29-31-33-35-37-39-44-41-43(6-3)42-45(46-44)40-38-36-34-32-30-28-26-24-22-20-18-16-14-12-10-8-5-2/h41-42H,4-40H2,1-3H3. The maximum atomic E-state index is 5.10. The van der Waals surface area contributed by atoms with Gasteiger partial charge in [0.25, 0.3) is 0 Å². The number of hydrogen-bond acceptors (Lipinski definition) is 1. The van der Waals surface area contributed by atoms with Gasteiger partial charge in [0, 0.05) is 11.4 Å². The Morgan fingerprint density at radius 2 is 0.522 bits per heavy atom. The van der Waals surface area contributed by atoms with Crippen LogP contribution >= 0.6 is 0 Å². The first-order valence-electron chi connectivity index (χ1n) is 21.8. The fourth-order valence-electron chi connectivity index (χ4n) is 7.24. The third kappa shape index (κ3) is 29.3. The Labute approximate surface area is 291 Å². The van der Waals surface area contributed by atoms with Crippen LogP contribution in [-0.2, 0) is 19.3 Å². The summed E-state index contributed by atoms with van der Waals surface area (Å²) in [5, 5.41) is 0. The SMILES string of the molecule is CCCCCCCCCCCCCCCCCCCc1cc(CC)cc(CCCCCCCCCCCCCCCCCCC)n1. The third-order valence-corrected chi connectivity index (χ3v) is 10.5. The topological polar surface area (TPSA) is 12.9 Å². The average Bonchev–Trinajstić information content (AvgIpc) is 3.07. The molecule has 0 saturated heterocycles. The number of unbranched alkanes of at least 4 members (excludes halogenated alkanes) is 32. The molecule has 0 bridgehead atoms. The molecule has 0 radical (unpaired) electrons. The smallest absolute Gasteiger partial charge is 0.0409 e. The fraction of sp³-hybridized carbons (Fsp3) is 0.889. The van der Waals surface area contributed by atoms with Crippen molar-refractivity contribution in [2.45, 2.75) is 258 Å². The van der Waals surface area contributed by atoms with Gasteiger partial charge in [-0.2, -0.15) is 0 Å². The quantitative estimate of drug-likeness (QED) is 0.0660. The molecule has 0 N–H and O–H groups in total. The molecule has 46 heavy (non-hydrogen) atoms. The fourth-order valence-corrected chi connectivity index (χ4v) is 7.24. The molecule has 0 atom stereocenters. The van der Waals surface area contributed by atoms with E-state index >= 15 is 0 Å². The molecule has 1 heteroatoms. The Bertz CT molecular complexity index is 667. The molecule has 1 aromatic heterocycles. The van der Waals surface area contributed by atoms with Crippen LogP contribution in [0.5, 0.6) is 0 Å². The summed E-state index contributed by atoms with van der Waals surface area (Å²) in [4.78, 5) is 5.10. The molecule has 0 aliphatic rings. The highest BCUT2D eigenvalue weighted by Gasteiger charge is 2.04. The van der Waals surface area contributed by atoms with Gasteiger partial charge in [0.15, 0.2) is 0 Å². The monoisotopic (exact) mass is 640 g/mol. The van der Waals surface area contributed by atoms with Crippen LogP contribution in [0.25, 0.3) is 0 Å². The molecule has 0 unspecified atom stereocenters. The zero-order valence-electron chi connectivity index (χ0n) is 32.3. The van der Waals surface area contributed by atoms with Crippen molar-refractivity contribution in [3.63, 3.8) is 0 Å². The lowest BCUT2D eigenvalue weighted by Gasteiger charge is -2.09. The second kappa shape index (κ2) is 35.5. The first-order valence-corrected chi connectivity index (χ1v) is 21.8. The Hall–Kier alpha value is -0.850. The highest BCUT2D eigenvalue weighted by molar-refractivity contribution is 5.22. The molecule has 0 aliphatic carbocycles. The number of rotatable bonds is 37. The van der Waals surface area contributed by atoms with Gasteiger partial charge in [-0.3, -0.25) is 4.98 Å². The van der Waals surface area contributed by atoms with Gasteiger partial charge in [-0.1, -0.05) is 226 Å². The molecule has 1 nitrogen and oxygen atoms in total. The van der Waals surface area contributed by atoms with Crippen molar-refractivity contribution in [2.75, 3.05) is 0 Å². The van der Waals surface area contributed by atoms with Crippen LogP contribution in [0.3, 0.4) is 0 Å². The number of aromatic nitrogens is 1. The summed E-state index contributed by atoms with van der Waals surface area (Å²) in [5.74, 6) is 0. The van der Waals surface area contributed by atoms with Gasteiger partial charge in [-0.05, 0) is 49.8 Å². The average molecular weight is 640 g/mol. The van der Waals surface area contributed by atoms with Gasteiger partial charge < -0.3 is 0 Å². The second-order valence-electron chi connectivity index (χ2n) is 15.1. The first kappa shape index (κ1) is 43.2. The summed E-state index contributed by atoms with van der Waals surface area (Å²) in [6.07, 6.45) is 52.5. The molecule has 1 rings (SSSR count). The zero-order valence-corrected chi connectivity index (χ0v) is 32.3. The molecular weight excluding hydrogens is 555 g/mol. The van der Waals surface area contributed by atoms with Crippen molar-refractivity contribution < 1.29 is 0 Å². The summed E-state index contributed by atoms with van der Waals surface area (Å²) >= 11 is 0. The molecule has 0 aromatic carbocycles. The molecular formula is C45H85N. The lowest BCUT2D eigenvalue weighted by Crippen LogP contribution is -1.99. The van der Waals surface area contributed by atoms with Gasteiger partial charge in [0.1, 0.15) is 0 Å². The predicted octanol–water partition coefficient (Wildman–Crippen LogP) is 16.0. The first-order chi connectivity index (χ1) is 22.8. The van der Waals surface area contributed by atoms with E-state index < -0.39 is 0 Å². The van der Waals surface area contributed by atoms with E-state index in [0.717, 1.165) is 6.42 Å². The highest BCUT2D eigenvalue weighted by atomic mass is 14.7. The minimum atomic E-state index is 1.14. The van der Waals surface area contributed by atoms with E-state index in [1.807, 2.05) is 0 Å². The van der Waals surface area contributed by atoms with Crippen molar-refractivity contribution in [1.29, 1.82) is 0 Å². The molecule has 1 aromatic rings. The summed E-state index contributed by atoms with van der Waals surface area (Å²) in [7, 11) is 0. The van der Waals surface area contributed by atoms with Crippen LogP contribution in [0.15, 0.2) is 12.1 Å². The van der Waals surface area contributed by atoms with Crippen molar-refractivity contribution in [1.82, 2.24) is 4.98 Å². The summed E-state index contributed by atoms with van der Waals surface area (Å²) in [5.41, 5.74) is 4.23. The molecule has 0 aliphatic heterocycles. The second-order valence-corrected chi connectivity index (χ2v) is 15.1. The lowest BCUT2D eigenvalue weighted by molar-refractivity contribution is 0.526. The highest BCUT2D eigenvalue weighted by Crippen LogP contribution is 2.18. The normalized spacial score (nSPS) is 11.5. The minimum absolute atomic E-state index is 1.14. The van der Waals surface area contributed by atoms with Crippen LogP contribution in [-0.4, -0.2) is 4.98 Å². The molecule has 0 spiro atoms. The molecule has 1 heterocycles. The van der Waals surface area contributed by atoms with Crippen LogP contribution < -0.4 is 0 Å². The lowest BCUT2D eigenvalue weighted by atomic mass is 10.0. The summed E-state index contributed by atoms with van der Waals surface area (Å²) < 4.78 is 0. The number of pyridine rings is 1. The van der Waals surface area contributed by atoms with E-state index in [0.29, 0.717) is 0 Å². The molecule has 0 fully saturated rings. The van der Waals surface area contributed by atoms with Crippen LogP contribution in [0.1, 0.15) is 256 Å². The van der Waals surface area contributed by atoms with Gasteiger partial charge in [0.05, 0.1) is 0 Å². The van der Waals surface area contributed by atoms with Gasteiger partial charge >= 0.3 is 0 Å². The molecule has 0 amide bonds. The maximum absolute atomic E-state index is 5.10. The van der Waals surface area contributed by atoms with Crippen LogP contribution in [0.4, 0.5) is 0 Å². The van der Waals surface area contributed by atoms with Crippen LogP contribution in [0.2, 0.25) is 0 Å². The Morgan fingerprint density at radius 1 is 0.304 bits per heavy atom. The molecule has 0 saturated carbocycles. The van der Waals surface area contributed by atoms with E-state index in [-0.39, 0.29) is 0 Å². The Balaban J connectivity index is 1.95. The van der Waals surface area contributed by atoms with Crippen molar-refractivity contribution in [3.05, 3.63) is 29.1 Å². The zero-order chi connectivity index (χ0) is 33.0. The van der Waals surface area contributed by atoms with Gasteiger partial charge in [-0.15, -0.1) is 0 Å². The minimum Gasteiger partial charge on any atom is -0.258 e. The predicted molar refractivity (Wildman–Crippen MR) is 209 cm³/mol. The van der Waals surface area contributed by atoms with Gasteiger partial charge in [0.2, 0.25) is 0 Å². The van der Waals surface area contributed by atoms with Gasteiger partial charge in [-0.25, -0.2) is 0 Å². The van der Waals surface area contributed by atoms with Crippen molar-refractivity contribution in [3.8, 4) is 0 Å². The number of hydrogen-bond donors (Lipinski definition) is 0. The summed E-state index contributed by atoms with van der Waals surface area (Å²) in [6.45, 7) is 6.91. The van der Waals surface area contributed by atoms with E-state index in [2.05, 4.69) is 32.9 Å². The maximum Gasteiger partial charge on any atom is 0.0409 e. The number of nitrogens with zero attached hydrogens (tertiary/aromatic N) is 1. The van der Waals surface area contributed by atoms with Crippen molar-refractivity contribution >= 4 is 0 Å². The Morgan fingerprint density at radius 3 is 0.739 bits per heavy atom. The largest absolute Gasteiger partial charge is 0.258 e. The molecule has 270 valence electrons. The Kier molecular flexibility index (Phi) is 33.3. The van der Waals surface area contributed by atoms with Crippen LogP contribution in [0, 0.1) is 0 Å². The van der Waals surface area contributed by atoms with E-state index in [1.54, 1.807) is 0 Å².